The quantitative estimate of drug-likeness (QED) is 0.0798. The molecule has 0 aliphatic carbocycles. The maximum absolute atomic E-state index is 12.2. The fourth-order valence-electron chi connectivity index (χ4n) is 7.65. The number of fused-ring (bicyclic) bond motifs is 8. The van der Waals surface area contributed by atoms with Crippen LogP contribution in [0.15, 0.2) is 121 Å². The van der Waals surface area contributed by atoms with Crippen molar-refractivity contribution in [2.75, 3.05) is 0 Å². The topological polar surface area (TPSA) is 207 Å². The summed E-state index contributed by atoms with van der Waals surface area (Å²) in [4.78, 5) is 66.1. The average molecular weight is 847 g/mol. The minimum absolute atomic E-state index is 0. The van der Waals surface area contributed by atoms with Crippen molar-refractivity contribution in [1.82, 2.24) is 19.9 Å². The van der Waals surface area contributed by atoms with Crippen LogP contribution in [-0.2, 0) is 17.1 Å². The van der Waals surface area contributed by atoms with Gasteiger partial charge in [-0.2, -0.15) is 0 Å². The van der Waals surface area contributed by atoms with Crippen LogP contribution in [0.25, 0.3) is 90.9 Å². The van der Waals surface area contributed by atoms with Crippen molar-refractivity contribution >= 4 is 70.2 Å². The summed E-state index contributed by atoms with van der Waals surface area (Å²) in [5.74, 6) is -4.43. The summed E-state index contributed by atoms with van der Waals surface area (Å²) in [6, 6.07) is 33.3. The molecule has 3 aromatic heterocycles. The Morgan fingerprint density at radius 3 is 0.803 bits per heavy atom. The summed E-state index contributed by atoms with van der Waals surface area (Å²) < 4.78 is 0. The third-order valence-electron chi connectivity index (χ3n) is 10.3. The van der Waals surface area contributed by atoms with Crippen LogP contribution in [-0.4, -0.2) is 64.2 Å². The van der Waals surface area contributed by atoms with Crippen molar-refractivity contribution in [2.24, 2.45) is 0 Å². The second-order valence-electron chi connectivity index (χ2n) is 14.0. The Hall–Kier alpha value is -8.12. The van der Waals surface area contributed by atoms with Crippen molar-refractivity contribution in [3.05, 3.63) is 166 Å². The van der Waals surface area contributed by atoms with Crippen LogP contribution in [0.5, 0.6) is 0 Å². The van der Waals surface area contributed by atoms with Crippen molar-refractivity contribution < 1.29 is 56.7 Å². The largest absolute Gasteiger partial charge is 0.478 e. The van der Waals surface area contributed by atoms with E-state index < -0.39 is 23.9 Å². The van der Waals surface area contributed by atoms with E-state index in [-0.39, 0.29) is 39.3 Å². The standard InChI is InChI=1S/C48H30N4O8.Fe/c53-45(54)29-9-1-5-25(21-29)41-33-13-15-35(49-33)42(26-6-2-10-30(22-26)46(55)56)37-17-19-39(51-37)44(28-8-4-12-32(24-28)48(59)60)40-20-18-38(52-40)43(36-16-14-34(41)50-36)27-7-3-11-31(23-27)47(57)58;/h1-24,49,52H,(H,53,54)(H,55,56)(H,57,58)(H,59,60);. The number of benzene rings is 4. The van der Waals surface area contributed by atoms with Gasteiger partial charge in [0.25, 0.3) is 0 Å². The van der Waals surface area contributed by atoms with Crippen LogP contribution in [0, 0.1) is 0 Å². The molecular weight excluding hydrogens is 816 g/mol. The molecular formula is C48H30FeN4O8. The van der Waals surface area contributed by atoms with Crippen molar-refractivity contribution in [3.8, 4) is 44.5 Å². The first-order chi connectivity index (χ1) is 29.0. The number of aromatic nitrogens is 4. The minimum Gasteiger partial charge on any atom is -0.478 e. The number of carbonyl (C=O) groups is 4. The second-order valence-corrected chi connectivity index (χ2v) is 14.0. The SMILES string of the molecule is O=C(O)c1cccc(-c2c3nc(c(-c4cccc(C(=O)O)c4)c4ccc([nH]4)c(-c4cccc(C(=O)O)c4)c4nc(c(-c5cccc(C(=O)O)c5)c5ccc2[nH]5)C=C4)C=C3)c1.[Fe]. The molecule has 0 unspecified atom stereocenters. The summed E-state index contributed by atoms with van der Waals surface area (Å²) in [5.41, 5.74) is 8.92. The van der Waals surface area contributed by atoms with Gasteiger partial charge >= 0.3 is 23.9 Å². The number of carboxylic acids is 4. The summed E-state index contributed by atoms with van der Waals surface area (Å²) in [6.45, 7) is 0. The first kappa shape index (κ1) is 39.7. The van der Waals surface area contributed by atoms with E-state index in [4.69, 9.17) is 9.97 Å². The van der Waals surface area contributed by atoms with Gasteiger partial charge in [0.2, 0.25) is 0 Å². The van der Waals surface area contributed by atoms with Gasteiger partial charge in [0, 0.05) is 61.4 Å². The minimum atomic E-state index is -1.11. The molecule has 61 heavy (non-hydrogen) atoms. The molecule has 2 aliphatic heterocycles. The molecule has 0 spiro atoms. The van der Waals surface area contributed by atoms with Gasteiger partial charge in [0.1, 0.15) is 0 Å². The Morgan fingerprint density at radius 2 is 0.590 bits per heavy atom. The van der Waals surface area contributed by atoms with Crippen LogP contribution in [0.1, 0.15) is 64.2 Å². The van der Waals surface area contributed by atoms with Crippen LogP contribution in [0.3, 0.4) is 0 Å². The summed E-state index contributed by atoms with van der Waals surface area (Å²) in [6.07, 6.45) is 7.23. The first-order valence-electron chi connectivity index (χ1n) is 18.5. The van der Waals surface area contributed by atoms with Crippen LogP contribution >= 0.6 is 0 Å². The van der Waals surface area contributed by atoms with E-state index in [9.17, 15) is 39.6 Å². The Labute approximate surface area is 356 Å². The number of rotatable bonds is 8. The smallest absolute Gasteiger partial charge is 0.335 e. The van der Waals surface area contributed by atoms with E-state index in [1.807, 2.05) is 48.6 Å². The van der Waals surface area contributed by atoms with Gasteiger partial charge in [0.15, 0.2) is 0 Å². The van der Waals surface area contributed by atoms with E-state index in [0.717, 1.165) is 0 Å². The summed E-state index contributed by atoms with van der Waals surface area (Å²) >= 11 is 0. The fraction of sp³-hybridized carbons (Fsp3) is 0. The third kappa shape index (κ3) is 7.42. The normalized spacial score (nSPS) is 11.5. The zero-order chi connectivity index (χ0) is 41.7. The third-order valence-corrected chi connectivity index (χ3v) is 10.3. The molecule has 9 rings (SSSR count). The molecule has 6 N–H and O–H groups in total. The molecule has 0 saturated carbocycles. The number of hydrogen-bond acceptors (Lipinski definition) is 6. The maximum atomic E-state index is 12.2. The molecule has 4 aromatic carbocycles. The van der Waals surface area contributed by atoms with Gasteiger partial charge in [-0.05, 0) is 119 Å². The molecule has 13 heteroatoms. The van der Waals surface area contributed by atoms with Gasteiger partial charge in [-0.25, -0.2) is 29.1 Å². The van der Waals surface area contributed by atoms with Gasteiger partial charge in [0.05, 0.1) is 45.0 Å². The second kappa shape index (κ2) is 15.9. The number of aromatic carboxylic acids is 4. The number of aromatic amines is 2. The molecule has 0 radical (unpaired) electrons. The molecule has 7 aromatic rings. The number of H-pyrrole nitrogens is 2. The zero-order valence-electron chi connectivity index (χ0n) is 31.5. The zero-order valence-corrected chi connectivity index (χ0v) is 32.6. The van der Waals surface area contributed by atoms with Gasteiger partial charge < -0.3 is 30.4 Å². The van der Waals surface area contributed by atoms with E-state index >= 15 is 0 Å². The van der Waals surface area contributed by atoms with Crippen molar-refractivity contribution in [1.29, 1.82) is 0 Å². The average Bonchev–Trinajstić information content (AvgIpc) is 4.09. The molecule has 8 bridgehead atoms. The van der Waals surface area contributed by atoms with Gasteiger partial charge in [-0.15, -0.1) is 0 Å². The van der Waals surface area contributed by atoms with Crippen molar-refractivity contribution in [3.63, 3.8) is 0 Å². The van der Waals surface area contributed by atoms with Gasteiger partial charge in [-0.1, -0.05) is 48.5 Å². The summed E-state index contributed by atoms with van der Waals surface area (Å²) in [7, 11) is 0. The maximum Gasteiger partial charge on any atom is 0.335 e. The molecule has 0 fully saturated rings. The number of hydrogen-bond donors (Lipinski definition) is 6. The van der Waals surface area contributed by atoms with Gasteiger partial charge in [-0.3, -0.25) is 0 Å². The number of nitrogens with zero attached hydrogens (tertiary/aromatic N) is 2. The summed E-state index contributed by atoms with van der Waals surface area (Å²) in [5, 5.41) is 39.9. The van der Waals surface area contributed by atoms with E-state index in [0.29, 0.717) is 89.4 Å². The molecule has 2 aliphatic rings. The predicted molar refractivity (Wildman–Crippen MR) is 228 cm³/mol. The predicted octanol–water partition coefficient (Wildman–Crippen LogP) is 10.1. The van der Waals surface area contributed by atoms with Crippen LogP contribution < -0.4 is 0 Å². The number of carboxylic acid groups (broad SMARTS) is 4. The fourth-order valence-corrected chi connectivity index (χ4v) is 7.65. The molecule has 0 amide bonds. The molecule has 0 atom stereocenters. The Morgan fingerprint density at radius 1 is 0.361 bits per heavy atom. The Balaban J connectivity index is 0.00000514. The Bertz CT molecular complexity index is 2830. The van der Waals surface area contributed by atoms with Crippen LogP contribution in [0.4, 0.5) is 0 Å². The monoisotopic (exact) mass is 846 g/mol. The Kier molecular flexibility index (Phi) is 10.4. The van der Waals surface area contributed by atoms with Crippen molar-refractivity contribution in [2.45, 2.75) is 0 Å². The first-order valence-corrected chi connectivity index (χ1v) is 18.5. The molecule has 298 valence electrons. The molecule has 12 nitrogen and oxygen atoms in total. The van der Waals surface area contributed by atoms with E-state index in [2.05, 4.69) is 9.97 Å². The van der Waals surface area contributed by atoms with E-state index in [1.165, 1.54) is 24.3 Å². The number of nitrogens with one attached hydrogen (secondary N) is 2. The molecule has 0 saturated heterocycles. The van der Waals surface area contributed by atoms with E-state index in [1.54, 1.807) is 72.8 Å². The molecule has 5 heterocycles. The van der Waals surface area contributed by atoms with Crippen LogP contribution in [0.2, 0.25) is 0 Å².